The van der Waals surface area contributed by atoms with E-state index in [1.165, 1.54) is 48.0 Å². The van der Waals surface area contributed by atoms with Crippen LogP contribution in [0.1, 0.15) is 22.3 Å². The average Bonchev–Trinajstić information content (AvgIpc) is 3.53. The summed E-state index contributed by atoms with van der Waals surface area (Å²) in [5.74, 6) is 1.78. The summed E-state index contributed by atoms with van der Waals surface area (Å²) in [7, 11) is 0. The summed E-state index contributed by atoms with van der Waals surface area (Å²) >= 11 is 1.83. The number of hydrogen-bond donors (Lipinski definition) is 1. The lowest BCUT2D eigenvalue weighted by molar-refractivity contribution is 0.438. The second-order valence-electron chi connectivity index (χ2n) is 10.5. The molecule has 40 heavy (non-hydrogen) atoms. The molecule has 9 rings (SSSR count). The van der Waals surface area contributed by atoms with Crippen molar-refractivity contribution >= 4 is 42.9 Å². The molecule has 6 aromatic carbocycles. The van der Waals surface area contributed by atoms with E-state index in [2.05, 4.69) is 139 Å². The van der Waals surface area contributed by atoms with Gasteiger partial charge in [0.2, 0.25) is 0 Å². The van der Waals surface area contributed by atoms with Crippen molar-refractivity contribution in [2.24, 2.45) is 0 Å². The highest BCUT2D eigenvalue weighted by Gasteiger charge is 2.51. The molecule has 1 aliphatic carbocycles. The fraction of sp³-hybridized carbons (Fsp3) is 0.0270. The van der Waals surface area contributed by atoms with Gasteiger partial charge in [0.1, 0.15) is 5.75 Å². The molecule has 0 unspecified atom stereocenters. The highest BCUT2D eigenvalue weighted by molar-refractivity contribution is 7.25. The topological polar surface area (TPSA) is 21.3 Å². The molecule has 1 spiro atoms. The molecule has 188 valence electrons. The van der Waals surface area contributed by atoms with Crippen LogP contribution in [0.3, 0.4) is 0 Å². The Morgan fingerprint density at radius 3 is 1.93 bits per heavy atom. The summed E-state index contributed by atoms with van der Waals surface area (Å²) in [5, 5.41) is 6.35. The first-order chi connectivity index (χ1) is 19.8. The van der Waals surface area contributed by atoms with E-state index in [4.69, 9.17) is 4.74 Å². The van der Waals surface area contributed by atoms with Gasteiger partial charge in [-0.1, -0.05) is 103 Å². The third-order valence-electron chi connectivity index (χ3n) is 8.55. The molecule has 0 atom stereocenters. The molecule has 1 N–H and O–H groups in total. The largest absolute Gasteiger partial charge is 0.454 e. The van der Waals surface area contributed by atoms with Crippen molar-refractivity contribution in [3.05, 3.63) is 156 Å². The van der Waals surface area contributed by atoms with Crippen LogP contribution in [0.25, 0.3) is 31.3 Å². The Bertz CT molecular complexity index is 2090. The Hall–Kier alpha value is -4.86. The van der Waals surface area contributed by atoms with E-state index < -0.39 is 5.41 Å². The summed E-state index contributed by atoms with van der Waals surface area (Å²) in [6.45, 7) is 0. The van der Waals surface area contributed by atoms with Gasteiger partial charge in [-0.15, -0.1) is 11.3 Å². The predicted octanol–water partition coefficient (Wildman–Crippen LogP) is 10.3. The van der Waals surface area contributed by atoms with Gasteiger partial charge in [0.15, 0.2) is 5.75 Å². The van der Waals surface area contributed by atoms with Crippen LogP contribution < -0.4 is 10.1 Å². The molecule has 1 aromatic heterocycles. The molecule has 0 radical (unpaired) electrons. The maximum Gasteiger partial charge on any atom is 0.155 e. The Kier molecular flexibility index (Phi) is 4.44. The van der Waals surface area contributed by atoms with E-state index in [9.17, 15) is 0 Å². The maximum absolute atomic E-state index is 6.82. The predicted molar refractivity (Wildman–Crippen MR) is 166 cm³/mol. The van der Waals surface area contributed by atoms with Crippen LogP contribution in [0, 0.1) is 0 Å². The van der Waals surface area contributed by atoms with Gasteiger partial charge in [0, 0.05) is 37.0 Å². The van der Waals surface area contributed by atoms with Crippen molar-refractivity contribution in [1.29, 1.82) is 0 Å². The Morgan fingerprint density at radius 1 is 0.500 bits per heavy atom. The molecule has 2 heterocycles. The zero-order chi connectivity index (χ0) is 26.3. The Morgan fingerprint density at radius 2 is 1.10 bits per heavy atom. The Labute approximate surface area is 236 Å². The van der Waals surface area contributed by atoms with Crippen LogP contribution in [-0.4, -0.2) is 0 Å². The number of nitrogens with one attached hydrogen (secondary N) is 1. The number of rotatable bonds is 2. The zero-order valence-electron chi connectivity index (χ0n) is 21.5. The van der Waals surface area contributed by atoms with Crippen molar-refractivity contribution in [3.63, 3.8) is 0 Å². The molecular weight excluding hydrogens is 506 g/mol. The molecule has 1 aliphatic heterocycles. The fourth-order valence-corrected chi connectivity index (χ4v) is 8.13. The molecule has 0 amide bonds. The van der Waals surface area contributed by atoms with Gasteiger partial charge in [-0.05, 0) is 52.6 Å². The van der Waals surface area contributed by atoms with E-state index in [-0.39, 0.29) is 0 Å². The molecule has 7 aromatic rings. The van der Waals surface area contributed by atoms with Crippen molar-refractivity contribution < 1.29 is 4.74 Å². The lowest BCUT2D eigenvalue weighted by atomic mass is 9.66. The minimum atomic E-state index is -0.462. The van der Waals surface area contributed by atoms with E-state index >= 15 is 0 Å². The maximum atomic E-state index is 6.82. The first-order valence-electron chi connectivity index (χ1n) is 13.6. The highest BCUT2D eigenvalue weighted by atomic mass is 32.1. The first kappa shape index (κ1) is 22.0. The molecular formula is C37H23NOS. The normalized spacial score (nSPS) is 13.9. The minimum absolute atomic E-state index is 0.462. The minimum Gasteiger partial charge on any atom is -0.454 e. The molecule has 0 saturated heterocycles. The van der Waals surface area contributed by atoms with Crippen molar-refractivity contribution in [2.75, 3.05) is 5.32 Å². The standard InChI is InChI=1S/C37H23NOS/c1-4-14-26-23(11-1)24-12-2-5-15-27(24)37(26)28-16-6-7-20-32(28)39-36-29(37)17-9-19-31(36)38-30-18-10-22-34-35(30)25-13-3-8-21-33(25)40-34/h1-22,38H. The number of thiophene rings is 1. The zero-order valence-corrected chi connectivity index (χ0v) is 22.3. The van der Waals surface area contributed by atoms with Crippen molar-refractivity contribution in [3.8, 4) is 22.6 Å². The molecule has 0 bridgehead atoms. The van der Waals surface area contributed by atoms with E-state index in [0.29, 0.717) is 0 Å². The third-order valence-corrected chi connectivity index (χ3v) is 9.68. The number of hydrogen-bond acceptors (Lipinski definition) is 3. The third kappa shape index (κ3) is 2.77. The van der Waals surface area contributed by atoms with Crippen molar-refractivity contribution in [1.82, 2.24) is 0 Å². The number of fused-ring (bicyclic) bond motifs is 12. The van der Waals surface area contributed by atoms with Gasteiger partial charge in [0.05, 0.1) is 11.1 Å². The summed E-state index contributed by atoms with van der Waals surface area (Å²) in [6, 6.07) is 47.9. The van der Waals surface area contributed by atoms with Crippen LogP contribution in [0.5, 0.6) is 11.5 Å². The monoisotopic (exact) mass is 529 g/mol. The SMILES string of the molecule is c1ccc2c(c1)Oc1c(Nc3cccc4sc5ccccc5c34)cccc1C21c2ccccc2-c2ccccc21. The van der Waals surface area contributed by atoms with Gasteiger partial charge in [0.25, 0.3) is 0 Å². The number of para-hydroxylation sites is 2. The van der Waals surface area contributed by atoms with Gasteiger partial charge < -0.3 is 10.1 Å². The van der Waals surface area contributed by atoms with Crippen LogP contribution in [0.15, 0.2) is 133 Å². The van der Waals surface area contributed by atoms with Gasteiger partial charge >= 0.3 is 0 Å². The van der Waals surface area contributed by atoms with E-state index in [1.807, 2.05) is 11.3 Å². The quantitative estimate of drug-likeness (QED) is 0.240. The summed E-state index contributed by atoms with van der Waals surface area (Å²) < 4.78 is 9.39. The average molecular weight is 530 g/mol. The van der Waals surface area contributed by atoms with Gasteiger partial charge in [-0.2, -0.15) is 0 Å². The summed E-state index contributed by atoms with van der Waals surface area (Å²) in [5.41, 5.74) is 9.12. The molecule has 0 saturated carbocycles. The first-order valence-corrected chi connectivity index (χ1v) is 14.4. The van der Waals surface area contributed by atoms with Gasteiger partial charge in [-0.3, -0.25) is 0 Å². The van der Waals surface area contributed by atoms with Crippen LogP contribution in [-0.2, 0) is 5.41 Å². The second kappa shape index (κ2) is 8.08. The van der Waals surface area contributed by atoms with Crippen LogP contribution >= 0.6 is 11.3 Å². The molecule has 2 aliphatic rings. The lowest BCUT2D eigenvalue weighted by Crippen LogP contribution is -2.32. The summed E-state index contributed by atoms with van der Waals surface area (Å²) in [6.07, 6.45) is 0. The van der Waals surface area contributed by atoms with Crippen LogP contribution in [0.4, 0.5) is 11.4 Å². The van der Waals surface area contributed by atoms with Gasteiger partial charge in [-0.25, -0.2) is 0 Å². The molecule has 2 nitrogen and oxygen atoms in total. The number of anilines is 2. The Balaban J connectivity index is 1.33. The summed E-state index contributed by atoms with van der Waals surface area (Å²) in [4.78, 5) is 0. The fourth-order valence-electron chi connectivity index (χ4n) is 7.00. The highest BCUT2D eigenvalue weighted by Crippen LogP contribution is 2.63. The van der Waals surface area contributed by atoms with E-state index in [0.717, 1.165) is 28.4 Å². The van der Waals surface area contributed by atoms with Crippen molar-refractivity contribution in [2.45, 2.75) is 5.41 Å². The molecule has 3 heteroatoms. The van der Waals surface area contributed by atoms with Crippen LogP contribution in [0.2, 0.25) is 0 Å². The smallest absolute Gasteiger partial charge is 0.155 e. The second-order valence-corrected chi connectivity index (χ2v) is 11.6. The molecule has 0 fully saturated rings. The lowest BCUT2D eigenvalue weighted by Gasteiger charge is -2.40. The number of benzene rings is 6. The number of ether oxygens (including phenoxy) is 1. The van der Waals surface area contributed by atoms with E-state index in [1.54, 1.807) is 0 Å².